The number of nitrogens with zero attached hydrogens (tertiary/aromatic N) is 3. The van der Waals surface area contributed by atoms with Crippen molar-refractivity contribution in [1.29, 1.82) is 0 Å². The molecule has 1 amide bonds. The minimum Gasteiger partial charge on any atom is -0.368 e. The van der Waals surface area contributed by atoms with Gasteiger partial charge in [0.15, 0.2) is 0 Å². The van der Waals surface area contributed by atoms with E-state index in [1.807, 2.05) is 4.90 Å². The molecule has 0 spiro atoms. The van der Waals surface area contributed by atoms with E-state index in [-0.39, 0.29) is 12.1 Å². The van der Waals surface area contributed by atoms with Crippen LogP contribution in [0.2, 0.25) is 5.02 Å². The van der Waals surface area contributed by atoms with E-state index in [0.29, 0.717) is 35.0 Å². The van der Waals surface area contributed by atoms with Gasteiger partial charge in [-0.15, -0.1) is 0 Å². The number of halogens is 1. The molecule has 0 unspecified atom stereocenters. The molecule has 2 heterocycles. The van der Waals surface area contributed by atoms with Crippen LogP contribution in [-0.2, 0) is 11.3 Å². The highest BCUT2D eigenvalue weighted by molar-refractivity contribution is 6.31. The Kier molecular flexibility index (Phi) is 4.00. The molecule has 0 radical (unpaired) electrons. The number of hydrogen-bond donors (Lipinski definition) is 2. The highest BCUT2D eigenvalue weighted by Crippen LogP contribution is 2.19. The number of nitrogens with one attached hydrogen (secondary N) is 1. The third-order valence-electron chi connectivity index (χ3n) is 3.61. The van der Waals surface area contributed by atoms with Crippen LogP contribution in [0.4, 0.5) is 5.95 Å². The number of anilines is 1. The summed E-state index contributed by atoms with van der Waals surface area (Å²) < 4.78 is 1.33. The second kappa shape index (κ2) is 5.94. The highest BCUT2D eigenvalue weighted by atomic mass is 35.5. The second-order valence-corrected chi connectivity index (χ2v) is 5.60. The Morgan fingerprint density at radius 2 is 2.09 bits per heavy atom. The van der Waals surface area contributed by atoms with Crippen LogP contribution in [0, 0.1) is 0 Å². The number of benzene rings is 1. The molecule has 1 aromatic carbocycles. The largest absolute Gasteiger partial charge is 0.368 e. The minimum atomic E-state index is -0.582. The zero-order chi connectivity index (χ0) is 15.7. The van der Waals surface area contributed by atoms with Crippen molar-refractivity contribution in [1.82, 2.24) is 14.9 Å². The first-order valence-corrected chi connectivity index (χ1v) is 7.38. The van der Waals surface area contributed by atoms with E-state index in [9.17, 15) is 9.59 Å². The monoisotopic (exact) mass is 321 g/mol. The third-order valence-corrected chi connectivity index (χ3v) is 3.84. The van der Waals surface area contributed by atoms with E-state index in [0.717, 1.165) is 13.1 Å². The molecular weight excluding hydrogens is 306 g/mol. The normalized spacial score (nSPS) is 15.2. The molecule has 1 aromatic heterocycles. The summed E-state index contributed by atoms with van der Waals surface area (Å²) in [6, 6.07) is 4.96. The molecule has 1 fully saturated rings. The molecule has 3 rings (SSSR count). The SMILES string of the molecule is NC(=O)Cn1c(N2CCNCC2)nc2ccc(Cl)cc2c1=O. The highest BCUT2D eigenvalue weighted by Gasteiger charge is 2.19. The van der Waals surface area contributed by atoms with Gasteiger partial charge < -0.3 is 16.0 Å². The molecule has 1 aliphatic heterocycles. The summed E-state index contributed by atoms with van der Waals surface area (Å²) in [5.74, 6) is -0.109. The molecular formula is C14H16ClN5O2. The van der Waals surface area contributed by atoms with Crippen LogP contribution in [0.15, 0.2) is 23.0 Å². The Hall–Kier alpha value is -2.12. The number of rotatable bonds is 3. The third kappa shape index (κ3) is 2.77. The number of carbonyl (C=O) groups excluding carboxylic acids is 1. The maximum atomic E-state index is 12.7. The van der Waals surface area contributed by atoms with Gasteiger partial charge in [0.25, 0.3) is 5.56 Å². The molecule has 0 aliphatic carbocycles. The van der Waals surface area contributed by atoms with Crippen LogP contribution in [-0.4, -0.2) is 41.6 Å². The fourth-order valence-electron chi connectivity index (χ4n) is 2.59. The maximum absolute atomic E-state index is 12.7. The van der Waals surface area contributed by atoms with Crippen molar-refractivity contribution in [3.63, 3.8) is 0 Å². The summed E-state index contributed by atoms with van der Waals surface area (Å²) in [6.07, 6.45) is 0. The Balaban J connectivity index is 2.21. The second-order valence-electron chi connectivity index (χ2n) is 5.17. The molecule has 0 atom stereocenters. The van der Waals surface area contributed by atoms with E-state index in [2.05, 4.69) is 10.3 Å². The zero-order valence-corrected chi connectivity index (χ0v) is 12.6. The van der Waals surface area contributed by atoms with E-state index < -0.39 is 5.91 Å². The molecule has 7 nitrogen and oxygen atoms in total. The maximum Gasteiger partial charge on any atom is 0.263 e. The average Bonchev–Trinajstić information content (AvgIpc) is 2.51. The van der Waals surface area contributed by atoms with Crippen LogP contribution in [0.1, 0.15) is 0 Å². The molecule has 22 heavy (non-hydrogen) atoms. The van der Waals surface area contributed by atoms with Crippen LogP contribution in [0.5, 0.6) is 0 Å². The van der Waals surface area contributed by atoms with Crippen LogP contribution in [0.3, 0.4) is 0 Å². The van der Waals surface area contributed by atoms with E-state index in [1.165, 1.54) is 4.57 Å². The summed E-state index contributed by atoms with van der Waals surface area (Å²) in [5, 5.41) is 4.07. The number of aromatic nitrogens is 2. The van der Waals surface area contributed by atoms with Gasteiger partial charge in [0.05, 0.1) is 10.9 Å². The van der Waals surface area contributed by atoms with Gasteiger partial charge in [0.2, 0.25) is 11.9 Å². The molecule has 3 N–H and O–H groups in total. The van der Waals surface area contributed by atoms with Crippen molar-refractivity contribution < 1.29 is 4.79 Å². The van der Waals surface area contributed by atoms with Crippen molar-refractivity contribution in [3.8, 4) is 0 Å². The molecule has 1 aliphatic rings. The Bertz CT molecular complexity index is 783. The number of nitrogens with two attached hydrogens (primary N) is 1. The predicted octanol–water partition coefficient (Wildman–Crippen LogP) is -0.0552. The first-order valence-electron chi connectivity index (χ1n) is 7.00. The average molecular weight is 322 g/mol. The Morgan fingerprint density at radius 3 is 2.77 bits per heavy atom. The fourth-order valence-corrected chi connectivity index (χ4v) is 2.76. The molecule has 2 aromatic rings. The molecule has 0 saturated carbocycles. The van der Waals surface area contributed by atoms with Crippen molar-refractivity contribution in [2.45, 2.75) is 6.54 Å². The van der Waals surface area contributed by atoms with Gasteiger partial charge in [-0.05, 0) is 18.2 Å². The zero-order valence-electron chi connectivity index (χ0n) is 11.9. The van der Waals surface area contributed by atoms with Crippen molar-refractivity contribution in [2.75, 3.05) is 31.1 Å². The number of hydrogen-bond acceptors (Lipinski definition) is 5. The van der Waals surface area contributed by atoms with Crippen molar-refractivity contribution in [2.24, 2.45) is 5.73 Å². The van der Waals surface area contributed by atoms with Gasteiger partial charge in [-0.25, -0.2) is 4.98 Å². The smallest absolute Gasteiger partial charge is 0.263 e. The van der Waals surface area contributed by atoms with Crippen molar-refractivity contribution >= 4 is 34.4 Å². The molecule has 116 valence electrons. The van der Waals surface area contributed by atoms with E-state index in [1.54, 1.807) is 18.2 Å². The molecule has 0 bridgehead atoms. The number of piperazine rings is 1. The first-order chi connectivity index (χ1) is 10.6. The Morgan fingerprint density at radius 1 is 1.36 bits per heavy atom. The molecule has 1 saturated heterocycles. The summed E-state index contributed by atoms with van der Waals surface area (Å²) in [7, 11) is 0. The number of primary amides is 1. The summed E-state index contributed by atoms with van der Waals surface area (Å²) in [4.78, 5) is 30.6. The summed E-state index contributed by atoms with van der Waals surface area (Å²) in [5.41, 5.74) is 5.54. The van der Waals surface area contributed by atoms with Crippen LogP contribution in [0.25, 0.3) is 10.9 Å². The number of amides is 1. The first kappa shape index (κ1) is 14.8. The number of carbonyl (C=O) groups is 1. The summed E-state index contributed by atoms with van der Waals surface area (Å²) in [6.45, 7) is 2.82. The number of fused-ring (bicyclic) bond motifs is 1. The lowest BCUT2D eigenvalue weighted by atomic mass is 10.2. The quantitative estimate of drug-likeness (QED) is 0.826. The van der Waals surface area contributed by atoms with Gasteiger partial charge >= 0.3 is 0 Å². The lowest BCUT2D eigenvalue weighted by Gasteiger charge is -2.30. The molecule has 8 heteroatoms. The van der Waals surface area contributed by atoms with Gasteiger partial charge in [-0.1, -0.05) is 11.6 Å². The standard InChI is InChI=1S/C14H16ClN5O2/c15-9-1-2-11-10(7-9)13(22)20(8-12(16)21)14(18-11)19-5-3-17-4-6-19/h1-2,7,17H,3-6,8H2,(H2,16,21). The minimum absolute atomic E-state index is 0.201. The predicted molar refractivity (Wildman–Crippen MR) is 85.3 cm³/mol. The van der Waals surface area contributed by atoms with Gasteiger partial charge in [-0.2, -0.15) is 0 Å². The fraction of sp³-hybridized carbons (Fsp3) is 0.357. The van der Waals surface area contributed by atoms with Gasteiger partial charge in [-0.3, -0.25) is 14.2 Å². The van der Waals surface area contributed by atoms with E-state index >= 15 is 0 Å². The lowest BCUT2D eigenvalue weighted by molar-refractivity contribution is -0.118. The van der Waals surface area contributed by atoms with Crippen LogP contribution >= 0.6 is 11.6 Å². The van der Waals surface area contributed by atoms with Gasteiger partial charge in [0.1, 0.15) is 6.54 Å². The van der Waals surface area contributed by atoms with Crippen molar-refractivity contribution in [3.05, 3.63) is 33.6 Å². The topological polar surface area (TPSA) is 93.2 Å². The van der Waals surface area contributed by atoms with Gasteiger partial charge in [0, 0.05) is 31.2 Å². The lowest BCUT2D eigenvalue weighted by Crippen LogP contribution is -2.46. The Labute approximate surface area is 131 Å². The van der Waals surface area contributed by atoms with E-state index in [4.69, 9.17) is 17.3 Å². The summed E-state index contributed by atoms with van der Waals surface area (Å²) >= 11 is 5.95. The van der Waals surface area contributed by atoms with Crippen LogP contribution < -0.4 is 21.5 Å².